The zero-order chi connectivity index (χ0) is 24.4. The van der Waals surface area contributed by atoms with Crippen LogP contribution in [-0.2, 0) is 26.6 Å². The Morgan fingerprint density at radius 2 is 1.64 bits per heavy atom. The molecule has 0 radical (unpaired) electrons. The first-order valence-electron chi connectivity index (χ1n) is 12.3. The Hall–Kier alpha value is -2.77. The van der Waals surface area contributed by atoms with Crippen LogP contribution in [-0.4, -0.2) is 30.9 Å². The van der Waals surface area contributed by atoms with E-state index >= 15 is 0 Å². The summed E-state index contributed by atoms with van der Waals surface area (Å²) in [6, 6.07) is 24.5. The average Bonchev–Trinajstić information content (AvgIpc) is 3.55. The summed E-state index contributed by atoms with van der Waals surface area (Å²) in [5, 5.41) is 0. The summed E-state index contributed by atoms with van der Waals surface area (Å²) < 4.78 is 22.6. The number of carbonyl (C=O) groups excluding carboxylic acids is 1. The first-order chi connectivity index (χ1) is 17.7. The third kappa shape index (κ3) is 4.66. The molecular weight excluding hydrogens is 492 g/mol. The van der Waals surface area contributed by atoms with Crippen molar-refractivity contribution in [1.82, 2.24) is 0 Å². The van der Waals surface area contributed by atoms with Gasteiger partial charge < -0.3 is 18.9 Å². The second-order valence-electron chi connectivity index (χ2n) is 9.25. The highest BCUT2D eigenvalue weighted by Gasteiger charge is 2.53. The van der Waals surface area contributed by atoms with Crippen molar-refractivity contribution in [2.45, 2.75) is 23.5 Å². The van der Waals surface area contributed by atoms with Crippen molar-refractivity contribution in [3.05, 3.63) is 89.5 Å². The normalized spacial score (nSPS) is 22.3. The highest BCUT2D eigenvalue weighted by molar-refractivity contribution is 8.18. The van der Waals surface area contributed by atoms with E-state index in [1.165, 1.54) is 5.56 Å². The fourth-order valence-corrected chi connectivity index (χ4v) is 8.81. The maximum absolute atomic E-state index is 13.0. The van der Waals surface area contributed by atoms with Crippen molar-refractivity contribution < 1.29 is 23.7 Å². The predicted molar refractivity (Wildman–Crippen MR) is 143 cm³/mol. The summed E-state index contributed by atoms with van der Waals surface area (Å²) in [5.41, 5.74) is 3.43. The molecule has 2 fully saturated rings. The van der Waals surface area contributed by atoms with E-state index in [4.69, 9.17) is 18.9 Å². The van der Waals surface area contributed by atoms with Crippen LogP contribution < -0.4 is 14.2 Å². The Bertz CT molecular complexity index is 1210. The van der Waals surface area contributed by atoms with Crippen molar-refractivity contribution in [1.29, 1.82) is 0 Å². The number of thioether (sulfide) groups is 2. The van der Waals surface area contributed by atoms with Crippen LogP contribution in [0.15, 0.2) is 72.8 Å². The molecule has 0 amide bonds. The predicted octanol–water partition coefficient (Wildman–Crippen LogP) is 6.05. The number of hydrogen-bond donors (Lipinski definition) is 0. The minimum Gasteiger partial charge on any atom is -0.489 e. The Labute approximate surface area is 219 Å². The van der Waals surface area contributed by atoms with E-state index in [2.05, 4.69) is 36.4 Å². The fraction of sp³-hybridized carbons (Fsp3) is 0.345. The minimum absolute atomic E-state index is 0.0645. The Balaban J connectivity index is 1.21. The molecule has 0 saturated carbocycles. The largest absolute Gasteiger partial charge is 0.489 e. The molecule has 3 heterocycles. The number of cyclic esters (lactones) is 1. The molecule has 0 N–H and O–H groups in total. The molecule has 0 bridgehead atoms. The van der Waals surface area contributed by atoms with E-state index < -0.39 is 0 Å². The summed E-state index contributed by atoms with van der Waals surface area (Å²) in [7, 11) is 0. The average molecular weight is 521 g/mol. The summed E-state index contributed by atoms with van der Waals surface area (Å²) in [4.78, 5) is 13.0. The van der Waals surface area contributed by atoms with Gasteiger partial charge >= 0.3 is 5.97 Å². The molecule has 7 heteroatoms. The Morgan fingerprint density at radius 1 is 0.861 bits per heavy atom. The smallest absolute Gasteiger partial charge is 0.309 e. The van der Waals surface area contributed by atoms with Gasteiger partial charge in [-0.1, -0.05) is 48.5 Å². The van der Waals surface area contributed by atoms with Crippen LogP contribution in [0.25, 0.3) is 0 Å². The lowest BCUT2D eigenvalue weighted by molar-refractivity contribution is -0.141. The van der Waals surface area contributed by atoms with Gasteiger partial charge in [0.25, 0.3) is 0 Å². The molecule has 0 spiro atoms. The van der Waals surface area contributed by atoms with Crippen LogP contribution >= 0.6 is 23.5 Å². The van der Waals surface area contributed by atoms with E-state index in [1.807, 2.05) is 59.9 Å². The third-order valence-electron chi connectivity index (χ3n) is 7.01. The summed E-state index contributed by atoms with van der Waals surface area (Å²) in [6.45, 7) is 1.23. The zero-order valence-corrected chi connectivity index (χ0v) is 21.5. The van der Waals surface area contributed by atoms with Crippen molar-refractivity contribution in [2.24, 2.45) is 11.8 Å². The van der Waals surface area contributed by atoms with E-state index in [-0.39, 0.29) is 28.7 Å². The van der Waals surface area contributed by atoms with Crippen LogP contribution in [0.2, 0.25) is 0 Å². The van der Waals surface area contributed by atoms with Crippen LogP contribution in [0.3, 0.4) is 0 Å². The number of esters is 1. The van der Waals surface area contributed by atoms with Gasteiger partial charge in [0.05, 0.1) is 16.6 Å². The molecule has 5 nitrogen and oxygen atoms in total. The molecule has 3 aliphatic heterocycles. The molecule has 2 atom stereocenters. The zero-order valence-electron chi connectivity index (χ0n) is 19.9. The lowest BCUT2D eigenvalue weighted by atomic mass is 9.84. The van der Waals surface area contributed by atoms with Crippen molar-refractivity contribution in [2.75, 3.05) is 24.9 Å². The van der Waals surface area contributed by atoms with E-state index in [1.54, 1.807) is 0 Å². The molecule has 2 unspecified atom stereocenters. The van der Waals surface area contributed by atoms with E-state index in [9.17, 15) is 4.79 Å². The van der Waals surface area contributed by atoms with Gasteiger partial charge in [-0.15, -0.1) is 23.5 Å². The lowest BCUT2D eigenvalue weighted by Crippen LogP contribution is -2.37. The van der Waals surface area contributed by atoms with Crippen LogP contribution in [0.1, 0.15) is 23.1 Å². The molecule has 0 aliphatic carbocycles. The Kier molecular flexibility index (Phi) is 6.76. The van der Waals surface area contributed by atoms with Crippen molar-refractivity contribution >= 4 is 29.5 Å². The SMILES string of the molecule is O=C1OCC(C2(c3ccc4c(c3)OCO4)SCCCS2)C1Cc1ccc(OCc2ccccc2)cc1. The van der Waals surface area contributed by atoms with Crippen molar-refractivity contribution in [3.63, 3.8) is 0 Å². The number of hydrogen-bond acceptors (Lipinski definition) is 7. The van der Waals surface area contributed by atoms with Gasteiger partial charge in [0.15, 0.2) is 11.5 Å². The number of fused-ring (bicyclic) bond motifs is 1. The maximum Gasteiger partial charge on any atom is 0.309 e. The number of ether oxygens (including phenoxy) is 4. The monoisotopic (exact) mass is 520 g/mol. The van der Waals surface area contributed by atoms with Gasteiger partial charge in [0.1, 0.15) is 12.4 Å². The summed E-state index contributed by atoms with van der Waals surface area (Å²) >= 11 is 3.89. The van der Waals surface area contributed by atoms with Crippen LogP contribution in [0, 0.1) is 11.8 Å². The summed E-state index contributed by atoms with van der Waals surface area (Å²) in [6.07, 6.45) is 1.81. The van der Waals surface area contributed by atoms with Gasteiger partial charge in [0, 0.05) is 5.92 Å². The third-order valence-corrected chi connectivity index (χ3v) is 10.6. The van der Waals surface area contributed by atoms with Gasteiger partial charge in [-0.05, 0) is 65.3 Å². The maximum atomic E-state index is 13.0. The van der Waals surface area contributed by atoms with Crippen molar-refractivity contribution in [3.8, 4) is 17.2 Å². The van der Waals surface area contributed by atoms with Gasteiger partial charge in [-0.25, -0.2) is 0 Å². The second kappa shape index (κ2) is 10.3. The molecular formula is C29H28O5S2. The highest BCUT2D eigenvalue weighted by atomic mass is 32.2. The van der Waals surface area contributed by atoms with E-state index in [0.717, 1.165) is 46.3 Å². The number of benzene rings is 3. The number of rotatable bonds is 7. The molecule has 3 aromatic carbocycles. The molecule has 0 aromatic heterocycles. The molecule has 6 rings (SSSR count). The second-order valence-corrected chi connectivity index (χ2v) is 12.2. The minimum atomic E-state index is -0.255. The topological polar surface area (TPSA) is 54.0 Å². The first kappa shape index (κ1) is 23.6. The quantitative estimate of drug-likeness (QED) is 0.352. The number of carbonyl (C=O) groups is 1. The summed E-state index contributed by atoms with van der Waals surface area (Å²) in [5.74, 6) is 4.27. The molecule has 3 aliphatic rings. The molecule has 186 valence electrons. The Morgan fingerprint density at radius 3 is 2.44 bits per heavy atom. The van der Waals surface area contributed by atoms with Gasteiger partial charge in [0.2, 0.25) is 6.79 Å². The molecule has 2 saturated heterocycles. The van der Waals surface area contributed by atoms with E-state index in [0.29, 0.717) is 19.6 Å². The standard InChI is InChI=1S/C29H28O5S2/c30-28-24(15-20-7-10-23(11-8-20)31-17-21-5-2-1-3-6-21)25(18-32-28)29(35-13-4-14-36-29)22-9-12-26-27(16-22)34-19-33-26/h1-3,5-12,16,24-25H,4,13-15,17-19H2. The molecule has 36 heavy (non-hydrogen) atoms. The molecule has 3 aromatic rings. The van der Waals surface area contributed by atoms with Gasteiger partial charge in [-0.2, -0.15) is 0 Å². The van der Waals surface area contributed by atoms with Gasteiger partial charge in [-0.3, -0.25) is 4.79 Å². The lowest BCUT2D eigenvalue weighted by Gasteiger charge is -2.42. The highest BCUT2D eigenvalue weighted by Crippen LogP contribution is 2.59. The first-order valence-corrected chi connectivity index (χ1v) is 14.3. The van der Waals surface area contributed by atoms with Crippen LogP contribution in [0.4, 0.5) is 0 Å². The fourth-order valence-electron chi connectivity index (χ4n) is 5.13. The van der Waals surface area contributed by atoms with Crippen LogP contribution in [0.5, 0.6) is 17.2 Å².